The number of hydrogen-bond acceptors (Lipinski definition) is 5. The molecule has 9 heteroatoms. The maximum Gasteiger partial charge on any atom is 0.338 e. The van der Waals surface area contributed by atoms with Crippen LogP contribution in [-0.4, -0.2) is 62.3 Å². The van der Waals surface area contributed by atoms with Gasteiger partial charge in [0.2, 0.25) is 10.0 Å². The fourth-order valence-corrected chi connectivity index (χ4v) is 5.10. The summed E-state index contributed by atoms with van der Waals surface area (Å²) in [6.45, 7) is 4.27. The van der Waals surface area contributed by atoms with E-state index in [1.807, 2.05) is 6.92 Å². The number of sulfonamides is 1. The van der Waals surface area contributed by atoms with E-state index in [4.69, 9.17) is 4.74 Å². The van der Waals surface area contributed by atoms with E-state index in [9.17, 15) is 18.0 Å². The molecule has 1 fully saturated rings. The van der Waals surface area contributed by atoms with Crippen LogP contribution in [0.1, 0.15) is 49.9 Å². The van der Waals surface area contributed by atoms with Crippen LogP contribution in [0.25, 0.3) is 0 Å². The number of likely N-dealkylation sites (tertiary alicyclic amines) is 1. The maximum absolute atomic E-state index is 12.7. The van der Waals surface area contributed by atoms with Gasteiger partial charge >= 0.3 is 5.97 Å². The molecular weight excluding hydrogens is 448 g/mol. The number of halogens is 1. The summed E-state index contributed by atoms with van der Waals surface area (Å²) in [6.07, 6.45) is 2.93. The van der Waals surface area contributed by atoms with Crippen molar-refractivity contribution in [1.82, 2.24) is 9.21 Å². The number of ether oxygens (including phenoxy) is 1. The molecule has 1 aromatic rings. The molecule has 1 saturated heterocycles. The standard InChI is InChI=1S/C19H27BrN2O5S/c1-5-15-8-6-7-11-22(15)18(23)13(2)27-19(24)14-9-10-16(20)17(12-14)28(25,26)21(3)4/h9-10,12-13,15H,5-8,11H2,1-4H3. The maximum atomic E-state index is 12.7. The summed E-state index contributed by atoms with van der Waals surface area (Å²) in [5.41, 5.74) is 0.0777. The van der Waals surface area contributed by atoms with E-state index in [-0.39, 0.29) is 22.4 Å². The molecule has 0 N–H and O–H groups in total. The highest BCUT2D eigenvalue weighted by Gasteiger charge is 2.31. The number of benzene rings is 1. The lowest BCUT2D eigenvalue weighted by Gasteiger charge is -2.36. The SMILES string of the molecule is CCC1CCCCN1C(=O)C(C)OC(=O)c1ccc(Br)c(S(=O)(=O)N(C)C)c1. The van der Waals surface area contributed by atoms with E-state index in [1.165, 1.54) is 32.3 Å². The number of piperidine rings is 1. The van der Waals surface area contributed by atoms with Gasteiger partial charge in [-0.05, 0) is 66.7 Å². The summed E-state index contributed by atoms with van der Waals surface area (Å²) < 4.78 is 31.6. The van der Waals surface area contributed by atoms with Gasteiger partial charge in [-0.15, -0.1) is 0 Å². The van der Waals surface area contributed by atoms with Gasteiger partial charge < -0.3 is 9.64 Å². The zero-order valence-electron chi connectivity index (χ0n) is 16.6. The van der Waals surface area contributed by atoms with Crippen molar-refractivity contribution in [2.24, 2.45) is 0 Å². The van der Waals surface area contributed by atoms with Gasteiger partial charge in [0, 0.05) is 31.2 Å². The Kier molecular flexibility index (Phi) is 7.64. The van der Waals surface area contributed by atoms with Crippen LogP contribution in [-0.2, 0) is 19.6 Å². The Morgan fingerprint density at radius 1 is 1.32 bits per heavy atom. The molecular formula is C19H27BrN2O5S. The molecule has 2 atom stereocenters. The Hall–Kier alpha value is -1.45. The highest BCUT2D eigenvalue weighted by molar-refractivity contribution is 9.10. The number of carbonyl (C=O) groups is 2. The Morgan fingerprint density at radius 2 is 2.00 bits per heavy atom. The average Bonchev–Trinajstić information content (AvgIpc) is 2.67. The van der Waals surface area contributed by atoms with Crippen LogP contribution in [0.5, 0.6) is 0 Å². The first-order valence-electron chi connectivity index (χ1n) is 9.33. The predicted octanol–water partition coefficient (Wildman–Crippen LogP) is 3.04. The Labute approximate surface area is 175 Å². The Morgan fingerprint density at radius 3 is 2.61 bits per heavy atom. The molecule has 1 aliphatic heterocycles. The van der Waals surface area contributed by atoms with E-state index in [0.29, 0.717) is 11.0 Å². The third kappa shape index (κ3) is 4.93. The van der Waals surface area contributed by atoms with Crippen molar-refractivity contribution in [3.8, 4) is 0 Å². The van der Waals surface area contributed by atoms with E-state index in [2.05, 4.69) is 15.9 Å². The number of amides is 1. The zero-order valence-corrected chi connectivity index (χ0v) is 19.0. The van der Waals surface area contributed by atoms with Gasteiger partial charge in [0.25, 0.3) is 5.91 Å². The quantitative estimate of drug-likeness (QED) is 0.591. The van der Waals surface area contributed by atoms with Crippen molar-refractivity contribution in [3.63, 3.8) is 0 Å². The molecule has 1 aromatic carbocycles. The van der Waals surface area contributed by atoms with E-state index >= 15 is 0 Å². The van der Waals surface area contributed by atoms with Crippen LogP contribution in [0.3, 0.4) is 0 Å². The number of nitrogens with zero attached hydrogens (tertiary/aromatic N) is 2. The van der Waals surface area contributed by atoms with Crippen molar-refractivity contribution in [3.05, 3.63) is 28.2 Å². The van der Waals surface area contributed by atoms with Crippen molar-refractivity contribution in [2.75, 3.05) is 20.6 Å². The molecule has 2 unspecified atom stereocenters. The van der Waals surface area contributed by atoms with Gasteiger partial charge in [-0.25, -0.2) is 17.5 Å². The van der Waals surface area contributed by atoms with Gasteiger partial charge in [-0.2, -0.15) is 0 Å². The van der Waals surface area contributed by atoms with Gasteiger partial charge in [0.1, 0.15) is 0 Å². The van der Waals surface area contributed by atoms with Crippen LogP contribution >= 0.6 is 15.9 Å². The summed E-state index contributed by atoms with van der Waals surface area (Å²) in [4.78, 5) is 27.0. The third-order valence-corrected chi connectivity index (χ3v) is 7.75. The van der Waals surface area contributed by atoms with Crippen LogP contribution in [0.4, 0.5) is 0 Å². The zero-order chi connectivity index (χ0) is 21.1. The molecule has 0 aromatic heterocycles. The minimum Gasteiger partial charge on any atom is -0.449 e. The molecule has 0 bridgehead atoms. The van der Waals surface area contributed by atoms with Gasteiger partial charge in [-0.1, -0.05) is 6.92 Å². The van der Waals surface area contributed by atoms with Crippen molar-refractivity contribution in [2.45, 2.75) is 56.6 Å². The lowest BCUT2D eigenvalue weighted by atomic mass is 9.99. The first-order chi connectivity index (χ1) is 13.1. The Bertz CT molecular complexity index is 841. The summed E-state index contributed by atoms with van der Waals surface area (Å²) in [7, 11) is -0.907. The normalized spacial score (nSPS) is 18.8. The number of carbonyl (C=O) groups excluding carboxylic acids is 2. The minimum atomic E-state index is -3.73. The van der Waals surface area contributed by atoms with Crippen LogP contribution in [0.15, 0.2) is 27.6 Å². The fraction of sp³-hybridized carbons (Fsp3) is 0.579. The van der Waals surface area contributed by atoms with Gasteiger partial charge in [0.05, 0.1) is 10.5 Å². The van der Waals surface area contributed by atoms with E-state index in [1.54, 1.807) is 11.8 Å². The van der Waals surface area contributed by atoms with Crippen molar-refractivity contribution in [1.29, 1.82) is 0 Å². The molecule has 0 radical (unpaired) electrons. The first-order valence-corrected chi connectivity index (χ1v) is 11.6. The molecule has 0 saturated carbocycles. The van der Waals surface area contributed by atoms with E-state index < -0.39 is 22.1 Å². The lowest BCUT2D eigenvalue weighted by Crippen LogP contribution is -2.48. The highest BCUT2D eigenvalue weighted by Crippen LogP contribution is 2.26. The molecule has 156 valence electrons. The number of rotatable bonds is 6. The topological polar surface area (TPSA) is 84.0 Å². The second kappa shape index (κ2) is 9.37. The van der Waals surface area contributed by atoms with Crippen LogP contribution in [0, 0.1) is 0 Å². The summed E-state index contributed by atoms with van der Waals surface area (Å²) in [5, 5.41) is 0. The number of esters is 1. The molecule has 2 rings (SSSR count). The minimum absolute atomic E-state index is 0.0343. The van der Waals surface area contributed by atoms with Crippen molar-refractivity contribution >= 4 is 37.8 Å². The molecule has 28 heavy (non-hydrogen) atoms. The summed E-state index contributed by atoms with van der Waals surface area (Å²) in [5.74, 6) is -0.938. The van der Waals surface area contributed by atoms with E-state index in [0.717, 1.165) is 30.0 Å². The summed E-state index contributed by atoms with van der Waals surface area (Å²) >= 11 is 3.21. The average molecular weight is 475 g/mol. The summed E-state index contributed by atoms with van der Waals surface area (Å²) in [6, 6.07) is 4.38. The van der Waals surface area contributed by atoms with Crippen molar-refractivity contribution < 1.29 is 22.7 Å². The fourth-order valence-electron chi connectivity index (χ4n) is 3.25. The van der Waals surface area contributed by atoms with Gasteiger partial charge in [-0.3, -0.25) is 4.79 Å². The highest BCUT2D eigenvalue weighted by atomic mass is 79.9. The first kappa shape index (κ1) is 22.8. The second-order valence-electron chi connectivity index (χ2n) is 7.07. The monoisotopic (exact) mass is 474 g/mol. The second-order valence-corrected chi connectivity index (χ2v) is 10.0. The molecule has 7 nitrogen and oxygen atoms in total. The Balaban J connectivity index is 2.17. The molecule has 1 aliphatic rings. The predicted molar refractivity (Wildman–Crippen MR) is 110 cm³/mol. The largest absolute Gasteiger partial charge is 0.449 e. The third-order valence-electron chi connectivity index (χ3n) is 4.94. The molecule has 1 amide bonds. The lowest BCUT2D eigenvalue weighted by molar-refractivity contribution is -0.143. The molecule has 0 aliphatic carbocycles. The van der Waals surface area contributed by atoms with Crippen LogP contribution in [0.2, 0.25) is 0 Å². The molecule has 0 spiro atoms. The molecule has 1 heterocycles. The van der Waals surface area contributed by atoms with Gasteiger partial charge in [0.15, 0.2) is 6.10 Å². The van der Waals surface area contributed by atoms with Crippen LogP contribution < -0.4 is 0 Å². The number of hydrogen-bond donors (Lipinski definition) is 0. The smallest absolute Gasteiger partial charge is 0.338 e.